The second-order valence-electron chi connectivity index (χ2n) is 21.9. The topological polar surface area (TPSA) is 78.9 Å². The summed E-state index contributed by atoms with van der Waals surface area (Å²) in [7, 11) is 0. The molecule has 1 atom stereocenters. The maximum absolute atomic E-state index is 12.9. The van der Waals surface area contributed by atoms with Crippen LogP contribution in [0.5, 0.6) is 0 Å². The minimum absolute atomic E-state index is 0.0625. The average molecular weight is 948 g/mol. The van der Waals surface area contributed by atoms with Crippen LogP contribution in [-0.2, 0) is 28.6 Å². The third kappa shape index (κ3) is 55.2. The Balaban J connectivity index is 4.27. The predicted octanol–water partition coefficient (Wildman–Crippen LogP) is 20.0. The van der Waals surface area contributed by atoms with Crippen molar-refractivity contribution in [1.29, 1.82) is 0 Å². The van der Waals surface area contributed by atoms with Crippen LogP contribution in [0.25, 0.3) is 0 Å². The fourth-order valence-electron chi connectivity index (χ4n) is 9.40. The van der Waals surface area contributed by atoms with Crippen LogP contribution in [-0.4, -0.2) is 37.2 Å². The monoisotopic (exact) mass is 947 g/mol. The highest BCUT2D eigenvalue weighted by Crippen LogP contribution is 2.18. The van der Waals surface area contributed by atoms with Crippen molar-refractivity contribution in [2.75, 3.05) is 13.2 Å². The van der Waals surface area contributed by atoms with E-state index in [1.54, 1.807) is 0 Å². The molecule has 0 rings (SSSR count). The van der Waals surface area contributed by atoms with Crippen molar-refractivity contribution >= 4 is 17.9 Å². The highest BCUT2D eigenvalue weighted by Gasteiger charge is 2.19. The standard InChI is InChI=1S/C61H118O6/c1-6-7-8-9-10-11-12-13-14-15-16-17-18-22-25-31-36-41-46-51-59(62)65-54-58(55-66-60(63)52-47-42-37-32-28-27-30-35-40-45-50-57(4)5)67-61(64)53-48-43-38-33-26-23-20-19-21-24-29-34-39-44-49-56(2)3/h56-58H,6-55H2,1-5H3/t58-/m0/s1. The Morgan fingerprint density at radius 3 is 0.731 bits per heavy atom. The molecule has 0 saturated carbocycles. The molecule has 0 aliphatic carbocycles. The minimum atomic E-state index is -0.763. The molecular formula is C61H118O6. The van der Waals surface area contributed by atoms with Gasteiger partial charge >= 0.3 is 17.9 Å². The first-order valence-electron chi connectivity index (χ1n) is 30.2. The van der Waals surface area contributed by atoms with Gasteiger partial charge in [-0.25, -0.2) is 0 Å². The molecule has 0 radical (unpaired) electrons. The maximum Gasteiger partial charge on any atom is 0.306 e. The fraction of sp³-hybridized carbons (Fsp3) is 0.951. The number of hydrogen-bond acceptors (Lipinski definition) is 6. The molecule has 0 aromatic heterocycles. The lowest BCUT2D eigenvalue weighted by molar-refractivity contribution is -0.167. The number of hydrogen-bond donors (Lipinski definition) is 0. The molecule has 0 fully saturated rings. The van der Waals surface area contributed by atoms with E-state index in [1.165, 1.54) is 231 Å². The van der Waals surface area contributed by atoms with Crippen molar-refractivity contribution in [2.24, 2.45) is 11.8 Å². The van der Waals surface area contributed by atoms with Gasteiger partial charge in [0.2, 0.25) is 0 Å². The van der Waals surface area contributed by atoms with Gasteiger partial charge in [-0.3, -0.25) is 14.4 Å². The zero-order valence-electron chi connectivity index (χ0n) is 46.0. The van der Waals surface area contributed by atoms with E-state index in [4.69, 9.17) is 14.2 Å². The number of unbranched alkanes of at least 4 members (excludes halogenated alkanes) is 40. The molecule has 0 aromatic rings. The number of esters is 3. The van der Waals surface area contributed by atoms with Crippen molar-refractivity contribution in [2.45, 2.75) is 349 Å². The van der Waals surface area contributed by atoms with Crippen LogP contribution in [0.15, 0.2) is 0 Å². The maximum atomic E-state index is 12.9. The van der Waals surface area contributed by atoms with Gasteiger partial charge in [0.1, 0.15) is 13.2 Å². The van der Waals surface area contributed by atoms with E-state index in [-0.39, 0.29) is 31.1 Å². The lowest BCUT2D eigenvalue weighted by Gasteiger charge is -2.18. The summed E-state index contributed by atoms with van der Waals surface area (Å²) in [5, 5.41) is 0. The second-order valence-corrected chi connectivity index (χ2v) is 21.9. The molecular weight excluding hydrogens is 829 g/mol. The normalized spacial score (nSPS) is 12.0. The molecule has 0 aliphatic heterocycles. The lowest BCUT2D eigenvalue weighted by atomic mass is 10.0. The molecule has 0 saturated heterocycles. The molecule has 0 aliphatic rings. The smallest absolute Gasteiger partial charge is 0.306 e. The molecule has 6 nitrogen and oxygen atoms in total. The third-order valence-electron chi connectivity index (χ3n) is 14.0. The van der Waals surface area contributed by atoms with E-state index in [1.807, 2.05) is 0 Å². The zero-order chi connectivity index (χ0) is 48.9. The van der Waals surface area contributed by atoms with E-state index in [2.05, 4.69) is 34.6 Å². The largest absolute Gasteiger partial charge is 0.462 e. The van der Waals surface area contributed by atoms with Crippen LogP contribution in [0.1, 0.15) is 343 Å². The van der Waals surface area contributed by atoms with Gasteiger partial charge in [0.15, 0.2) is 6.10 Å². The lowest BCUT2D eigenvalue weighted by Crippen LogP contribution is -2.30. The molecule has 0 spiro atoms. The first-order chi connectivity index (χ1) is 32.7. The third-order valence-corrected chi connectivity index (χ3v) is 14.0. The molecule has 0 unspecified atom stereocenters. The Morgan fingerprint density at radius 2 is 0.493 bits per heavy atom. The summed E-state index contributed by atoms with van der Waals surface area (Å²) >= 11 is 0. The summed E-state index contributed by atoms with van der Waals surface area (Å²) in [6.45, 7) is 11.4. The predicted molar refractivity (Wildman–Crippen MR) is 289 cm³/mol. The van der Waals surface area contributed by atoms with Gasteiger partial charge in [0.05, 0.1) is 0 Å². The van der Waals surface area contributed by atoms with E-state index < -0.39 is 6.10 Å². The Morgan fingerprint density at radius 1 is 0.284 bits per heavy atom. The van der Waals surface area contributed by atoms with E-state index in [0.29, 0.717) is 19.3 Å². The molecule has 0 amide bonds. The van der Waals surface area contributed by atoms with Gasteiger partial charge in [0, 0.05) is 19.3 Å². The molecule has 0 bridgehead atoms. The van der Waals surface area contributed by atoms with Gasteiger partial charge in [-0.2, -0.15) is 0 Å². The Kier molecular flexibility index (Phi) is 52.5. The van der Waals surface area contributed by atoms with Gasteiger partial charge in [-0.05, 0) is 31.1 Å². The van der Waals surface area contributed by atoms with Crippen LogP contribution in [0.2, 0.25) is 0 Å². The molecule has 0 heterocycles. The van der Waals surface area contributed by atoms with E-state index in [0.717, 1.165) is 69.6 Å². The quantitative estimate of drug-likeness (QED) is 0.0343. The number of ether oxygens (including phenoxy) is 3. The van der Waals surface area contributed by atoms with Crippen LogP contribution in [0.4, 0.5) is 0 Å². The molecule has 398 valence electrons. The average Bonchev–Trinajstić information content (AvgIpc) is 3.30. The SMILES string of the molecule is CCCCCCCCCCCCCCCCCCCCCC(=O)OC[C@@H](COC(=O)CCCCCCCCCCCCC(C)C)OC(=O)CCCCCCCCCCCCCCCCC(C)C. The van der Waals surface area contributed by atoms with Crippen molar-refractivity contribution in [3.63, 3.8) is 0 Å². The van der Waals surface area contributed by atoms with Gasteiger partial charge in [-0.15, -0.1) is 0 Å². The van der Waals surface area contributed by atoms with Crippen molar-refractivity contribution < 1.29 is 28.6 Å². The van der Waals surface area contributed by atoms with Crippen molar-refractivity contribution in [3.05, 3.63) is 0 Å². The Hall–Kier alpha value is -1.59. The first kappa shape index (κ1) is 65.4. The fourth-order valence-corrected chi connectivity index (χ4v) is 9.40. The Bertz CT molecular complexity index is 1020. The van der Waals surface area contributed by atoms with Crippen molar-refractivity contribution in [3.8, 4) is 0 Å². The minimum Gasteiger partial charge on any atom is -0.462 e. The summed E-state index contributed by atoms with van der Waals surface area (Å²) in [5.41, 5.74) is 0. The second kappa shape index (κ2) is 53.8. The summed E-state index contributed by atoms with van der Waals surface area (Å²) in [6.07, 6.45) is 58.1. The van der Waals surface area contributed by atoms with Crippen LogP contribution < -0.4 is 0 Å². The molecule has 0 aromatic carbocycles. The molecule has 67 heavy (non-hydrogen) atoms. The van der Waals surface area contributed by atoms with Gasteiger partial charge < -0.3 is 14.2 Å². The molecule has 0 N–H and O–H groups in total. The van der Waals surface area contributed by atoms with Crippen LogP contribution >= 0.6 is 0 Å². The van der Waals surface area contributed by atoms with Crippen LogP contribution in [0.3, 0.4) is 0 Å². The summed E-state index contributed by atoms with van der Waals surface area (Å²) in [6, 6.07) is 0. The summed E-state index contributed by atoms with van der Waals surface area (Å²) < 4.78 is 16.9. The number of carbonyl (C=O) groups excluding carboxylic acids is 3. The van der Waals surface area contributed by atoms with Crippen LogP contribution in [0, 0.1) is 11.8 Å². The van der Waals surface area contributed by atoms with E-state index in [9.17, 15) is 14.4 Å². The van der Waals surface area contributed by atoms with Crippen molar-refractivity contribution in [1.82, 2.24) is 0 Å². The van der Waals surface area contributed by atoms with Gasteiger partial charge in [-0.1, -0.05) is 304 Å². The zero-order valence-corrected chi connectivity index (χ0v) is 46.0. The number of rotatable bonds is 55. The highest BCUT2D eigenvalue weighted by molar-refractivity contribution is 5.71. The Labute approximate surface area is 418 Å². The number of carbonyl (C=O) groups is 3. The molecule has 6 heteroatoms. The van der Waals surface area contributed by atoms with Gasteiger partial charge in [0.25, 0.3) is 0 Å². The summed E-state index contributed by atoms with van der Waals surface area (Å²) in [4.78, 5) is 38.2. The highest BCUT2D eigenvalue weighted by atomic mass is 16.6. The van der Waals surface area contributed by atoms with E-state index >= 15 is 0 Å². The summed E-state index contributed by atoms with van der Waals surface area (Å²) in [5.74, 6) is 0.825. The first-order valence-corrected chi connectivity index (χ1v) is 30.2.